The second-order valence-corrected chi connectivity index (χ2v) is 6.92. The minimum Gasteiger partial charge on any atom is -0.494 e. The first kappa shape index (κ1) is 19.4. The van der Waals surface area contributed by atoms with Crippen molar-refractivity contribution in [3.63, 3.8) is 0 Å². The van der Waals surface area contributed by atoms with E-state index >= 15 is 0 Å². The summed E-state index contributed by atoms with van der Waals surface area (Å²) in [6, 6.07) is 2.49. The Hall–Kier alpha value is -1.95. The highest BCUT2D eigenvalue weighted by atomic mass is 19.2. The van der Waals surface area contributed by atoms with Crippen LogP contribution in [0.4, 0.5) is 8.78 Å². The van der Waals surface area contributed by atoms with Gasteiger partial charge in [0.15, 0.2) is 11.6 Å². The maximum Gasteiger partial charge on any atom is 0.256 e. The maximum absolute atomic E-state index is 14.2. The van der Waals surface area contributed by atoms with Crippen molar-refractivity contribution >= 4 is 5.91 Å². The molecule has 2 rings (SSSR count). The number of rotatable bonds is 5. The molecular weight excluding hydrogens is 328 g/mol. The highest BCUT2D eigenvalue weighted by Gasteiger charge is 2.37. The van der Waals surface area contributed by atoms with Crippen LogP contribution in [-0.4, -0.2) is 42.7 Å². The largest absolute Gasteiger partial charge is 0.494 e. The molecule has 1 saturated heterocycles. The van der Waals surface area contributed by atoms with Crippen LogP contribution in [-0.2, 0) is 0 Å². The van der Waals surface area contributed by atoms with Gasteiger partial charge in [-0.25, -0.2) is 4.39 Å². The number of carbonyl (C=O) groups excluding carboxylic acids is 1. The lowest BCUT2D eigenvalue weighted by Crippen LogP contribution is -2.48. The highest BCUT2D eigenvalue weighted by Crippen LogP contribution is 2.35. The monoisotopic (exact) mass is 353 g/mol. The molecule has 1 aromatic rings. The average molecular weight is 353 g/mol. The van der Waals surface area contributed by atoms with Crippen molar-refractivity contribution in [1.82, 2.24) is 4.90 Å². The van der Waals surface area contributed by atoms with E-state index in [9.17, 15) is 18.7 Å². The predicted octanol–water partition coefficient (Wildman–Crippen LogP) is 3.54. The van der Waals surface area contributed by atoms with Gasteiger partial charge in [0, 0.05) is 18.5 Å². The van der Waals surface area contributed by atoms with Crippen molar-refractivity contribution in [2.75, 3.05) is 26.8 Å². The van der Waals surface area contributed by atoms with Gasteiger partial charge in [-0.2, -0.15) is 4.39 Å². The van der Waals surface area contributed by atoms with Gasteiger partial charge in [0.2, 0.25) is 5.82 Å². The normalized spacial score (nSPS) is 20.3. The number of benzene rings is 1. The first-order valence-electron chi connectivity index (χ1n) is 8.39. The highest BCUT2D eigenvalue weighted by molar-refractivity contribution is 5.94. The number of likely N-dealkylation sites (tertiary alicyclic amines) is 1. The summed E-state index contributed by atoms with van der Waals surface area (Å²) in [6.45, 7) is 4.68. The van der Waals surface area contributed by atoms with Gasteiger partial charge in [-0.3, -0.25) is 4.79 Å². The van der Waals surface area contributed by atoms with Crippen LogP contribution < -0.4 is 4.74 Å². The number of hydrogen-bond donors (Lipinski definition) is 1. The number of allylic oxidation sites excluding steroid dienone is 2. The zero-order valence-electron chi connectivity index (χ0n) is 14.9. The summed E-state index contributed by atoms with van der Waals surface area (Å²) in [5, 5.41) is 9.87. The van der Waals surface area contributed by atoms with E-state index in [1.54, 1.807) is 0 Å². The van der Waals surface area contributed by atoms with E-state index in [-0.39, 0.29) is 17.9 Å². The van der Waals surface area contributed by atoms with Crippen LogP contribution in [0.2, 0.25) is 0 Å². The van der Waals surface area contributed by atoms with Crippen molar-refractivity contribution in [2.45, 2.75) is 33.1 Å². The summed E-state index contributed by atoms with van der Waals surface area (Å²) in [6.07, 6.45) is 4.19. The first-order valence-corrected chi connectivity index (χ1v) is 8.39. The predicted molar refractivity (Wildman–Crippen MR) is 91.6 cm³/mol. The summed E-state index contributed by atoms with van der Waals surface area (Å²) in [5.74, 6) is -3.16. The van der Waals surface area contributed by atoms with Gasteiger partial charge in [0.25, 0.3) is 5.91 Å². The zero-order chi connectivity index (χ0) is 18.6. The molecule has 0 bridgehead atoms. The van der Waals surface area contributed by atoms with Crippen molar-refractivity contribution < 1.29 is 23.4 Å². The van der Waals surface area contributed by atoms with Gasteiger partial charge in [-0.05, 0) is 45.2 Å². The lowest BCUT2D eigenvalue weighted by atomic mass is 9.77. The number of methoxy groups -OCH3 is 1. The Morgan fingerprint density at radius 3 is 2.68 bits per heavy atom. The smallest absolute Gasteiger partial charge is 0.256 e. The summed E-state index contributed by atoms with van der Waals surface area (Å²) < 4.78 is 32.9. The van der Waals surface area contributed by atoms with Crippen LogP contribution in [0.3, 0.4) is 0 Å². The van der Waals surface area contributed by atoms with Gasteiger partial charge in [-0.1, -0.05) is 11.6 Å². The molecular formula is C19H25F2NO3. The Balaban J connectivity index is 2.25. The van der Waals surface area contributed by atoms with Crippen molar-refractivity contribution in [1.29, 1.82) is 0 Å². The third kappa shape index (κ3) is 4.18. The number of hydrogen-bond acceptors (Lipinski definition) is 3. The Morgan fingerprint density at radius 1 is 1.36 bits per heavy atom. The Morgan fingerprint density at radius 2 is 2.08 bits per heavy atom. The fourth-order valence-electron chi connectivity index (χ4n) is 3.19. The third-order valence-corrected chi connectivity index (χ3v) is 4.72. The first-order chi connectivity index (χ1) is 11.8. The molecule has 0 spiro atoms. The lowest BCUT2D eigenvalue weighted by molar-refractivity contribution is 0.0280. The molecule has 1 atom stereocenters. The van der Waals surface area contributed by atoms with E-state index in [2.05, 4.69) is 0 Å². The van der Waals surface area contributed by atoms with Crippen molar-refractivity contribution in [3.8, 4) is 5.75 Å². The molecule has 1 aliphatic heterocycles. The Bertz CT molecular complexity index is 671. The van der Waals surface area contributed by atoms with Crippen LogP contribution in [0, 0.1) is 17.0 Å². The molecule has 138 valence electrons. The number of nitrogens with zero attached hydrogens (tertiary/aromatic N) is 1. The number of piperidine rings is 1. The van der Waals surface area contributed by atoms with Crippen LogP contribution in [0.5, 0.6) is 5.75 Å². The van der Waals surface area contributed by atoms with Crippen molar-refractivity contribution in [3.05, 3.63) is 41.0 Å². The van der Waals surface area contributed by atoms with Gasteiger partial charge < -0.3 is 14.7 Å². The second-order valence-electron chi connectivity index (χ2n) is 6.92. The zero-order valence-corrected chi connectivity index (χ0v) is 14.9. The molecule has 1 aromatic carbocycles. The SMILES string of the molecule is COc1ccc(C(=O)N2CCC[C@@](CO)(CC=C(C)C)C2)c(F)c1F. The molecule has 1 fully saturated rings. The number of aliphatic hydroxyl groups excluding tert-OH is 1. The maximum atomic E-state index is 14.2. The fourth-order valence-corrected chi connectivity index (χ4v) is 3.19. The van der Waals surface area contributed by atoms with E-state index in [0.29, 0.717) is 25.9 Å². The van der Waals surface area contributed by atoms with Gasteiger partial charge in [0.1, 0.15) is 0 Å². The number of carbonyl (C=O) groups is 1. The molecule has 0 aromatic heterocycles. The molecule has 4 nitrogen and oxygen atoms in total. The van der Waals surface area contributed by atoms with Gasteiger partial charge >= 0.3 is 0 Å². The third-order valence-electron chi connectivity index (χ3n) is 4.72. The average Bonchev–Trinajstić information content (AvgIpc) is 2.62. The van der Waals surface area contributed by atoms with E-state index in [1.807, 2.05) is 19.9 Å². The molecule has 1 aliphatic rings. The molecule has 1 N–H and O–H groups in total. The van der Waals surface area contributed by atoms with E-state index in [0.717, 1.165) is 12.0 Å². The quantitative estimate of drug-likeness (QED) is 0.824. The summed E-state index contributed by atoms with van der Waals surface area (Å²) in [7, 11) is 1.24. The minimum atomic E-state index is -1.20. The van der Waals surface area contributed by atoms with E-state index < -0.39 is 23.0 Å². The lowest BCUT2D eigenvalue weighted by Gasteiger charge is -2.41. The standard InChI is InChI=1S/C19H25F2NO3/c1-13(2)7-9-19(12-23)8-4-10-22(11-19)18(24)14-5-6-15(25-3)17(21)16(14)20/h5-7,23H,4,8-12H2,1-3H3/t19-/m1/s1. The Kier molecular flexibility index (Phi) is 6.16. The van der Waals surface area contributed by atoms with Crippen LogP contribution in [0.1, 0.15) is 43.5 Å². The number of halogens is 2. The second kappa shape index (κ2) is 7.95. The molecule has 25 heavy (non-hydrogen) atoms. The van der Waals surface area contributed by atoms with E-state index in [1.165, 1.54) is 24.1 Å². The molecule has 0 aliphatic carbocycles. The minimum absolute atomic E-state index is 0.0555. The number of aliphatic hydroxyl groups is 1. The molecule has 1 amide bonds. The van der Waals surface area contributed by atoms with Crippen LogP contribution >= 0.6 is 0 Å². The van der Waals surface area contributed by atoms with Gasteiger partial charge in [-0.15, -0.1) is 0 Å². The molecule has 0 radical (unpaired) electrons. The topological polar surface area (TPSA) is 49.8 Å². The fraction of sp³-hybridized carbons (Fsp3) is 0.526. The molecule has 0 unspecified atom stereocenters. The van der Waals surface area contributed by atoms with E-state index in [4.69, 9.17) is 4.74 Å². The number of amides is 1. The summed E-state index contributed by atoms with van der Waals surface area (Å²) in [4.78, 5) is 14.2. The van der Waals surface area contributed by atoms with Crippen LogP contribution in [0.15, 0.2) is 23.8 Å². The van der Waals surface area contributed by atoms with Crippen LogP contribution in [0.25, 0.3) is 0 Å². The van der Waals surface area contributed by atoms with Crippen molar-refractivity contribution in [2.24, 2.45) is 5.41 Å². The summed E-state index contributed by atoms with van der Waals surface area (Å²) in [5.41, 5.74) is 0.390. The van der Waals surface area contributed by atoms with Gasteiger partial charge in [0.05, 0.1) is 19.3 Å². The molecule has 1 heterocycles. The summed E-state index contributed by atoms with van der Waals surface area (Å²) >= 11 is 0. The molecule has 0 saturated carbocycles. The molecule has 6 heteroatoms. The Labute approximate surface area is 147 Å². The number of ether oxygens (including phenoxy) is 1.